The number of nitrogens with one attached hydrogen (secondary N) is 2. The van der Waals surface area contributed by atoms with Gasteiger partial charge in [-0.25, -0.2) is 8.42 Å². The molecule has 0 saturated heterocycles. The molecular weight excluding hydrogens is 396 g/mol. The normalized spacial score (nSPS) is 11.0. The molecule has 0 heterocycles. The van der Waals surface area contributed by atoms with Crippen molar-refractivity contribution in [1.29, 1.82) is 0 Å². The lowest BCUT2D eigenvalue weighted by Crippen LogP contribution is -2.41. The van der Waals surface area contributed by atoms with Crippen LogP contribution in [0.1, 0.15) is 47.4 Å². The van der Waals surface area contributed by atoms with E-state index in [0.717, 1.165) is 12.8 Å². The Morgan fingerprint density at radius 1 is 1.00 bits per heavy atom. The SMILES string of the molecule is CCCCOc1ccc(C(=O)NNS(=O)(=O)c2ccc(C(C)=O)cc2)cc1OC. The minimum absolute atomic E-state index is 0.0833. The van der Waals surface area contributed by atoms with Crippen molar-refractivity contribution in [2.75, 3.05) is 13.7 Å². The number of hydrazine groups is 1. The quantitative estimate of drug-likeness (QED) is 0.347. The summed E-state index contributed by atoms with van der Waals surface area (Å²) in [6.45, 7) is 3.96. The van der Waals surface area contributed by atoms with Gasteiger partial charge in [-0.2, -0.15) is 0 Å². The Balaban J connectivity index is 2.06. The van der Waals surface area contributed by atoms with Crippen LogP contribution in [0.2, 0.25) is 0 Å². The maximum absolute atomic E-state index is 12.3. The molecule has 0 bridgehead atoms. The number of rotatable bonds is 10. The minimum Gasteiger partial charge on any atom is -0.493 e. The van der Waals surface area contributed by atoms with Crippen molar-refractivity contribution in [3.05, 3.63) is 53.6 Å². The third-order valence-corrected chi connectivity index (χ3v) is 5.31. The zero-order valence-electron chi connectivity index (χ0n) is 16.5. The topological polar surface area (TPSA) is 111 Å². The zero-order chi connectivity index (χ0) is 21.4. The van der Waals surface area contributed by atoms with Gasteiger partial charge in [-0.3, -0.25) is 15.0 Å². The van der Waals surface area contributed by atoms with Crippen LogP contribution in [-0.4, -0.2) is 33.8 Å². The van der Waals surface area contributed by atoms with Crippen molar-refractivity contribution < 1.29 is 27.5 Å². The van der Waals surface area contributed by atoms with Crippen LogP contribution in [0.4, 0.5) is 0 Å². The number of hydrogen-bond donors (Lipinski definition) is 2. The summed E-state index contributed by atoms with van der Waals surface area (Å²) < 4.78 is 35.5. The van der Waals surface area contributed by atoms with Gasteiger partial charge in [0.25, 0.3) is 15.9 Å². The molecule has 0 radical (unpaired) electrons. The summed E-state index contributed by atoms with van der Waals surface area (Å²) >= 11 is 0. The van der Waals surface area contributed by atoms with Crippen molar-refractivity contribution >= 4 is 21.7 Å². The van der Waals surface area contributed by atoms with Gasteiger partial charge < -0.3 is 9.47 Å². The van der Waals surface area contributed by atoms with E-state index < -0.39 is 15.9 Å². The van der Waals surface area contributed by atoms with Crippen molar-refractivity contribution in [2.45, 2.75) is 31.6 Å². The number of unbranched alkanes of at least 4 members (excludes halogenated alkanes) is 1. The Kier molecular flexibility index (Phi) is 7.74. The Bertz CT molecular complexity index is 971. The molecule has 1 amide bonds. The highest BCUT2D eigenvalue weighted by molar-refractivity contribution is 7.89. The van der Waals surface area contributed by atoms with Crippen LogP contribution in [0.25, 0.3) is 0 Å². The number of methoxy groups -OCH3 is 1. The molecule has 2 rings (SSSR count). The number of hydrogen-bond acceptors (Lipinski definition) is 6. The van der Waals surface area contributed by atoms with E-state index in [-0.39, 0.29) is 16.2 Å². The highest BCUT2D eigenvalue weighted by Gasteiger charge is 2.17. The molecular formula is C20H24N2O6S. The molecule has 0 spiro atoms. The summed E-state index contributed by atoms with van der Waals surface area (Å²) in [5, 5.41) is 0. The van der Waals surface area contributed by atoms with E-state index in [1.807, 2.05) is 11.8 Å². The first kappa shape index (κ1) is 22.4. The van der Waals surface area contributed by atoms with Gasteiger partial charge in [-0.05, 0) is 43.7 Å². The molecule has 0 atom stereocenters. The maximum atomic E-state index is 12.3. The van der Waals surface area contributed by atoms with Gasteiger partial charge in [0.05, 0.1) is 18.6 Å². The summed E-state index contributed by atoms with van der Waals surface area (Å²) in [5.74, 6) is 0.0405. The molecule has 0 saturated carbocycles. The smallest absolute Gasteiger partial charge is 0.266 e. The molecule has 0 fully saturated rings. The average Bonchev–Trinajstić information content (AvgIpc) is 2.72. The standard InChI is InChI=1S/C20H24N2O6S/c1-4-5-12-28-18-11-8-16(13-19(18)27-3)20(24)21-22-29(25,26)17-9-6-15(7-10-17)14(2)23/h6-11,13,22H,4-5,12H2,1-3H3,(H,21,24). The van der Waals surface area contributed by atoms with E-state index in [1.165, 1.54) is 50.4 Å². The second-order valence-electron chi connectivity index (χ2n) is 6.21. The average molecular weight is 420 g/mol. The Morgan fingerprint density at radius 2 is 1.66 bits per heavy atom. The largest absolute Gasteiger partial charge is 0.493 e. The minimum atomic E-state index is -3.99. The Hall–Kier alpha value is -2.91. The van der Waals surface area contributed by atoms with E-state index in [9.17, 15) is 18.0 Å². The third kappa shape index (κ3) is 6.03. The Labute approximate surface area is 170 Å². The van der Waals surface area contributed by atoms with Crippen LogP contribution >= 0.6 is 0 Å². The molecule has 29 heavy (non-hydrogen) atoms. The molecule has 8 nitrogen and oxygen atoms in total. The lowest BCUT2D eigenvalue weighted by molar-refractivity contribution is 0.0944. The fraction of sp³-hybridized carbons (Fsp3) is 0.300. The molecule has 156 valence electrons. The third-order valence-electron chi connectivity index (χ3n) is 4.05. The predicted octanol–water partition coefficient (Wildman–Crippen LogP) is 2.70. The summed E-state index contributed by atoms with van der Waals surface area (Å²) in [7, 11) is -2.54. The first-order valence-corrected chi connectivity index (χ1v) is 10.5. The van der Waals surface area contributed by atoms with Gasteiger partial charge in [-0.1, -0.05) is 25.5 Å². The fourth-order valence-corrected chi connectivity index (χ4v) is 3.21. The second kappa shape index (κ2) is 10.0. The van der Waals surface area contributed by atoms with Crippen molar-refractivity contribution in [1.82, 2.24) is 10.3 Å². The number of ketones is 1. The second-order valence-corrected chi connectivity index (χ2v) is 7.89. The van der Waals surface area contributed by atoms with Gasteiger partial charge in [-0.15, -0.1) is 4.83 Å². The number of amides is 1. The van der Waals surface area contributed by atoms with Gasteiger partial charge in [0, 0.05) is 11.1 Å². The fourth-order valence-electron chi connectivity index (χ4n) is 2.37. The lowest BCUT2D eigenvalue weighted by atomic mass is 10.2. The first-order chi connectivity index (χ1) is 13.8. The number of carbonyl (C=O) groups is 2. The number of sulfonamides is 1. The summed E-state index contributed by atoms with van der Waals surface area (Å²) in [6.07, 6.45) is 1.88. The van der Waals surface area contributed by atoms with Gasteiger partial charge in [0.1, 0.15) is 0 Å². The molecule has 0 aliphatic rings. The molecule has 2 aromatic rings. The Morgan fingerprint density at radius 3 is 2.24 bits per heavy atom. The summed E-state index contributed by atoms with van der Waals surface area (Å²) in [4.78, 5) is 25.6. The molecule has 2 aromatic carbocycles. The van der Waals surface area contributed by atoms with Crippen molar-refractivity contribution in [2.24, 2.45) is 0 Å². The van der Waals surface area contributed by atoms with Crippen molar-refractivity contribution in [3.8, 4) is 11.5 Å². The van der Waals surface area contributed by atoms with Crippen LogP contribution in [-0.2, 0) is 10.0 Å². The van der Waals surface area contributed by atoms with Crippen molar-refractivity contribution in [3.63, 3.8) is 0 Å². The number of Topliss-reactive ketones (excluding diaryl/α,β-unsaturated/α-hetero) is 1. The van der Waals surface area contributed by atoms with E-state index in [2.05, 4.69) is 5.43 Å². The monoisotopic (exact) mass is 420 g/mol. The van der Waals surface area contributed by atoms with Crippen LogP contribution in [0.3, 0.4) is 0 Å². The molecule has 0 unspecified atom stereocenters. The van der Waals surface area contributed by atoms with Gasteiger partial charge in [0.15, 0.2) is 17.3 Å². The molecule has 2 N–H and O–H groups in total. The zero-order valence-corrected chi connectivity index (χ0v) is 17.3. The van der Waals surface area contributed by atoms with E-state index >= 15 is 0 Å². The summed E-state index contributed by atoms with van der Waals surface area (Å²) in [5.41, 5.74) is 2.74. The molecule has 9 heteroatoms. The van der Waals surface area contributed by atoms with E-state index in [4.69, 9.17) is 9.47 Å². The molecule has 0 aromatic heterocycles. The number of carbonyl (C=O) groups excluding carboxylic acids is 2. The van der Waals surface area contributed by atoms with Crippen LogP contribution < -0.4 is 19.7 Å². The van der Waals surface area contributed by atoms with Gasteiger partial charge in [0.2, 0.25) is 0 Å². The predicted molar refractivity (Wildman–Crippen MR) is 108 cm³/mol. The number of benzene rings is 2. The first-order valence-electron chi connectivity index (χ1n) is 9.02. The highest BCUT2D eigenvalue weighted by atomic mass is 32.2. The lowest BCUT2D eigenvalue weighted by Gasteiger charge is -2.12. The molecule has 0 aliphatic heterocycles. The maximum Gasteiger partial charge on any atom is 0.266 e. The van der Waals surface area contributed by atoms with Gasteiger partial charge >= 0.3 is 0 Å². The van der Waals surface area contributed by atoms with Crippen LogP contribution in [0, 0.1) is 0 Å². The summed E-state index contributed by atoms with van der Waals surface area (Å²) in [6, 6.07) is 9.95. The number of ether oxygens (including phenoxy) is 2. The highest BCUT2D eigenvalue weighted by Crippen LogP contribution is 2.28. The van der Waals surface area contributed by atoms with Crippen LogP contribution in [0.5, 0.6) is 11.5 Å². The van der Waals surface area contributed by atoms with Crippen LogP contribution in [0.15, 0.2) is 47.4 Å². The van der Waals surface area contributed by atoms with E-state index in [1.54, 1.807) is 6.07 Å². The molecule has 0 aliphatic carbocycles. The van der Waals surface area contributed by atoms with E-state index in [0.29, 0.717) is 23.7 Å².